The zero-order valence-corrected chi connectivity index (χ0v) is 11.4. The van der Waals surface area contributed by atoms with E-state index in [9.17, 15) is 13.2 Å². The lowest BCUT2D eigenvalue weighted by Crippen LogP contribution is -2.30. The monoisotopic (exact) mass is 294 g/mol. The second kappa shape index (κ2) is 6.36. The number of nitrogens with one attached hydrogen (secondary N) is 2. The molecule has 6 nitrogen and oxygen atoms in total. The molecule has 0 aliphatic rings. The summed E-state index contributed by atoms with van der Waals surface area (Å²) in [4.78, 5) is 14.2. The molecule has 0 saturated carbocycles. The van der Waals surface area contributed by atoms with E-state index in [1.807, 2.05) is 30.3 Å². The number of carbonyl (C=O) groups is 1. The third-order valence-electron chi connectivity index (χ3n) is 2.53. The van der Waals surface area contributed by atoms with Gasteiger partial charge in [0.2, 0.25) is 10.0 Å². The summed E-state index contributed by atoms with van der Waals surface area (Å²) in [6.45, 7) is -0.286. The molecular formula is C13H14N2O4S. The van der Waals surface area contributed by atoms with Crippen molar-refractivity contribution in [3.8, 4) is 0 Å². The molecule has 0 spiro atoms. The molecule has 1 heterocycles. The van der Waals surface area contributed by atoms with Crippen molar-refractivity contribution in [1.82, 2.24) is 9.71 Å². The van der Waals surface area contributed by atoms with Crippen molar-refractivity contribution in [3.63, 3.8) is 0 Å². The van der Waals surface area contributed by atoms with Gasteiger partial charge in [0.05, 0.1) is 4.90 Å². The van der Waals surface area contributed by atoms with Crippen molar-refractivity contribution in [3.05, 3.63) is 54.4 Å². The van der Waals surface area contributed by atoms with E-state index < -0.39 is 22.5 Å². The minimum absolute atomic E-state index is 0.0772. The van der Waals surface area contributed by atoms with E-state index in [-0.39, 0.29) is 11.5 Å². The first-order valence-electron chi connectivity index (χ1n) is 5.90. The summed E-state index contributed by atoms with van der Waals surface area (Å²) in [6, 6.07) is 10.6. The number of hydrogen-bond acceptors (Lipinski definition) is 4. The Morgan fingerprint density at radius 1 is 1.20 bits per heavy atom. The topological polar surface area (TPSA) is 88.3 Å². The number of esters is 1. The van der Waals surface area contributed by atoms with Crippen molar-refractivity contribution in [2.75, 3.05) is 6.54 Å². The molecule has 0 amide bonds. The van der Waals surface area contributed by atoms with Gasteiger partial charge in [-0.05, 0) is 11.6 Å². The lowest BCUT2D eigenvalue weighted by Gasteiger charge is -2.06. The van der Waals surface area contributed by atoms with Crippen LogP contribution in [0, 0.1) is 0 Å². The van der Waals surface area contributed by atoms with E-state index >= 15 is 0 Å². The summed E-state index contributed by atoms with van der Waals surface area (Å²) in [5, 5.41) is 0. The molecule has 0 radical (unpaired) electrons. The van der Waals surface area contributed by atoms with Crippen LogP contribution in [0.4, 0.5) is 0 Å². The van der Waals surface area contributed by atoms with Crippen LogP contribution < -0.4 is 4.72 Å². The lowest BCUT2D eigenvalue weighted by molar-refractivity contribution is -0.143. The Bertz CT molecular complexity index is 651. The molecule has 0 aliphatic carbocycles. The summed E-state index contributed by atoms with van der Waals surface area (Å²) in [7, 11) is -3.68. The largest absolute Gasteiger partial charge is 0.460 e. The second-order valence-electron chi connectivity index (χ2n) is 4.02. The van der Waals surface area contributed by atoms with Gasteiger partial charge in [-0.3, -0.25) is 4.79 Å². The Kier molecular flexibility index (Phi) is 4.54. The minimum Gasteiger partial charge on any atom is -0.460 e. The Labute approximate surface area is 116 Å². The van der Waals surface area contributed by atoms with Crippen molar-refractivity contribution < 1.29 is 17.9 Å². The van der Waals surface area contributed by atoms with Crippen molar-refractivity contribution >= 4 is 16.0 Å². The van der Waals surface area contributed by atoms with Gasteiger partial charge in [-0.2, -0.15) is 4.72 Å². The zero-order valence-electron chi connectivity index (χ0n) is 10.6. The van der Waals surface area contributed by atoms with Crippen molar-refractivity contribution in [1.29, 1.82) is 0 Å². The van der Waals surface area contributed by atoms with Crippen LogP contribution in [0.1, 0.15) is 5.56 Å². The molecule has 106 valence electrons. The molecule has 20 heavy (non-hydrogen) atoms. The van der Waals surface area contributed by atoms with Crippen LogP contribution in [0.3, 0.4) is 0 Å². The maximum Gasteiger partial charge on any atom is 0.321 e. The first kappa shape index (κ1) is 14.3. The van der Waals surface area contributed by atoms with E-state index in [1.54, 1.807) is 0 Å². The van der Waals surface area contributed by atoms with E-state index in [0.29, 0.717) is 0 Å². The molecular weight excluding hydrogens is 280 g/mol. The second-order valence-corrected chi connectivity index (χ2v) is 5.78. The van der Waals surface area contributed by atoms with Gasteiger partial charge in [0.15, 0.2) is 0 Å². The molecule has 0 aliphatic heterocycles. The number of sulfonamides is 1. The van der Waals surface area contributed by atoms with E-state index in [2.05, 4.69) is 9.71 Å². The molecule has 0 atom stereocenters. The molecule has 1 aromatic carbocycles. The highest BCUT2D eigenvalue weighted by Crippen LogP contribution is 2.05. The molecule has 2 N–H and O–H groups in total. The average Bonchev–Trinajstić information content (AvgIpc) is 2.99. The predicted octanol–water partition coefficient (Wildman–Crippen LogP) is 1.04. The maximum atomic E-state index is 11.7. The summed E-state index contributed by atoms with van der Waals surface area (Å²) in [5.74, 6) is -0.632. The van der Waals surface area contributed by atoms with Crippen molar-refractivity contribution in [2.45, 2.75) is 11.5 Å². The molecule has 0 saturated heterocycles. The normalized spacial score (nSPS) is 11.2. The van der Waals surface area contributed by atoms with Crippen LogP contribution in [0.15, 0.2) is 53.7 Å². The highest BCUT2D eigenvalue weighted by Gasteiger charge is 2.16. The van der Waals surface area contributed by atoms with Gasteiger partial charge in [-0.1, -0.05) is 30.3 Å². The molecule has 2 aromatic rings. The van der Waals surface area contributed by atoms with Crippen LogP contribution in [0.5, 0.6) is 0 Å². The first-order valence-corrected chi connectivity index (χ1v) is 7.38. The smallest absolute Gasteiger partial charge is 0.321 e. The molecule has 1 aromatic heterocycles. The van der Waals surface area contributed by atoms with Gasteiger partial charge < -0.3 is 9.72 Å². The number of carbonyl (C=O) groups excluding carboxylic acids is 1. The summed E-state index contributed by atoms with van der Waals surface area (Å²) >= 11 is 0. The molecule has 0 bridgehead atoms. The molecule has 0 unspecified atom stereocenters. The number of hydrogen-bond donors (Lipinski definition) is 2. The quantitative estimate of drug-likeness (QED) is 0.779. The number of H-pyrrole nitrogens is 1. The lowest BCUT2D eigenvalue weighted by atomic mass is 10.2. The highest BCUT2D eigenvalue weighted by atomic mass is 32.2. The van der Waals surface area contributed by atoms with Gasteiger partial charge in [-0.25, -0.2) is 8.42 Å². The number of benzene rings is 1. The van der Waals surface area contributed by atoms with Gasteiger partial charge in [0.25, 0.3) is 0 Å². The molecule has 0 fully saturated rings. The standard InChI is InChI=1S/C13H14N2O4S/c16-13(19-10-11-4-2-1-3-5-11)9-15-20(17,18)12-6-7-14-8-12/h1-8,14-15H,9-10H2. The van der Waals surface area contributed by atoms with Gasteiger partial charge in [0.1, 0.15) is 13.2 Å². The van der Waals surface area contributed by atoms with E-state index in [0.717, 1.165) is 5.56 Å². The molecule has 2 rings (SSSR count). The minimum atomic E-state index is -3.68. The van der Waals surface area contributed by atoms with Gasteiger partial charge in [-0.15, -0.1) is 0 Å². The number of aromatic amines is 1. The van der Waals surface area contributed by atoms with E-state index in [4.69, 9.17) is 4.74 Å². The third kappa shape index (κ3) is 3.94. The average molecular weight is 294 g/mol. The Balaban J connectivity index is 1.81. The summed E-state index contributed by atoms with van der Waals surface area (Å²) in [6.07, 6.45) is 2.82. The maximum absolute atomic E-state index is 11.7. The highest BCUT2D eigenvalue weighted by molar-refractivity contribution is 7.89. The Hall–Kier alpha value is -2.12. The fourth-order valence-corrected chi connectivity index (χ4v) is 2.45. The SMILES string of the molecule is O=C(CNS(=O)(=O)c1cc[nH]c1)OCc1ccccc1. The summed E-state index contributed by atoms with van der Waals surface area (Å²) < 4.78 is 30.6. The van der Waals surface area contributed by atoms with Crippen molar-refractivity contribution in [2.24, 2.45) is 0 Å². The number of aromatic nitrogens is 1. The van der Waals surface area contributed by atoms with Crippen LogP contribution in [0.25, 0.3) is 0 Å². The van der Waals surface area contributed by atoms with E-state index in [1.165, 1.54) is 18.5 Å². The predicted molar refractivity (Wildman–Crippen MR) is 72.2 cm³/mol. The zero-order chi connectivity index (χ0) is 14.4. The third-order valence-corrected chi connectivity index (χ3v) is 3.93. The summed E-state index contributed by atoms with van der Waals surface area (Å²) in [5.41, 5.74) is 0.842. The Morgan fingerprint density at radius 2 is 1.95 bits per heavy atom. The number of ether oxygens (including phenoxy) is 1. The van der Waals surface area contributed by atoms with Crippen LogP contribution in [0.2, 0.25) is 0 Å². The molecule has 7 heteroatoms. The fourth-order valence-electron chi connectivity index (χ4n) is 1.50. The van der Waals surface area contributed by atoms with Gasteiger partial charge >= 0.3 is 5.97 Å². The van der Waals surface area contributed by atoms with Crippen LogP contribution >= 0.6 is 0 Å². The first-order chi connectivity index (χ1) is 9.58. The van der Waals surface area contributed by atoms with Crippen LogP contribution in [-0.4, -0.2) is 25.9 Å². The Morgan fingerprint density at radius 3 is 2.60 bits per heavy atom. The van der Waals surface area contributed by atoms with Gasteiger partial charge in [0, 0.05) is 12.4 Å². The number of rotatable bonds is 6. The fraction of sp³-hybridized carbons (Fsp3) is 0.154. The van der Waals surface area contributed by atoms with Crippen LogP contribution in [-0.2, 0) is 26.2 Å².